The van der Waals surface area contributed by atoms with Crippen molar-refractivity contribution in [3.8, 4) is 11.5 Å². The number of hydrogen-bond acceptors (Lipinski definition) is 4. The highest BCUT2D eigenvalue weighted by Crippen LogP contribution is 2.29. The van der Waals surface area contributed by atoms with E-state index in [4.69, 9.17) is 9.47 Å². The first-order valence-electron chi connectivity index (χ1n) is 9.23. The number of rotatable bonds is 8. The van der Waals surface area contributed by atoms with Crippen LogP contribution >= 0.6 is 0 Å². The van der Waals surface area contributed by atoms with Crippen LogP contribution in [0.1, 0.15) is 35.3 Å². The van der Waals surface area contributed by atoms with E-state index in [0.29, 0.717) is 23.6 Å². The summed E-state index contributed by atoms with van der Waals surface area (Å²) in [5.74, 6) is 1.01. The van der Waals surface area contributed by atoms with Gasteiger partial charge < -0.3 is 14.8 Å². The lowest BCUT2D eigenvalue weighted by molar-refractivity contribution is 0.0950. The number of aromatic nitrogens is 2. The minimum atomic E-state index is -0.157. The zero-order chi connectivity index (χ0) is 19.9. The van der Waals surface area contributed by atoms with Crippen LogP contribution in [0.2, 0.25) is 0 Å². The molecule has 1 aromatic heterocycles. The van der Waals surface area contributed by atoms with Crippen LogP contribution in [0, 0.1) is 0 Å². The average Bonchev–Trinajstić information content (AvgIpc) is 3.20. The van der Waals surface area contributed by atoms with Crippen molar-refractivity contribution in [1.29, 1.82) is 0 Å². The second-order valence-electron chi connectivity index (χ2n) is 6.74. The second-order valence-corrected chi connectivity index (χ2v) is 6.74. The number of benzene rings is 2. The van der Waals surface area contributed by atoms with Crippen LogP contribution in [-0.2, 0) is 13.1 Å². The molecule has 0 saturated heterocycles. The van der Waals surface area contributed by atoms with Crippen LogP contribution in [-0.4, -0.2) is 28.9 Å². The molecule has 0 aliphatic carbocycles. The van der Waals surface area contributed by atoms with Gasteiger partial charge in [0.1, 0.15) is 0 Å². The van der Waals surface area contributed by atoms with Crippen molar-refractivity contribution in [3.05, 3.63) is 77.6 Å². The molecule has 1 N–H and O–H groups in total. The highest BCUT2D eigenvalue weighted by atomic mass is 16.5. The summed E-state index contributed by atoms with van der Waals surface area (Å²) in [5, 5.41) is 7.14. The minimum absolute atomic E-state index is 0.0323. The van der Waals surface area contributed by atoms with Crippen LogP contribution in [0.15, 0.2) is 60.9 Å². The molecule has 0 radical (unpaired) electrons. The molecule has 0 saturated carbocycles. The zero-order valence-electron chi connectivity index (χ0n) is 16.4. The minimum Gasteiger partial charge on any atom is -0.493 e. The quantitative estimate of drug-likeness (QED) is 0.649. The fraction of sp³-hybridized carbons (Fsp3) is 0.273. The summed E-state index contributed by atoms with van der Waals surface area (Å²) in [4.78, 5) is 12.5. The van der Waals surface area contributed by atoms with Gasteiger partial charge in [-0.05, 0) is 49.2 Å². The van der Waals surface area contributed by atoms with Gasteiger partial charge in [0.2, 0.25) is 0 Å². The van der Waals surface area contributed by atoms with Crippen molar-refractivity contribution in [1.82, 2.24) is 15.1 Å². The standard InChI is InChI=1S/C22H25N3O3/c1-16(2)28-20-10-9-19(13-21(20)27-3)22(26)23-14-17-5-7-18(8-6-17)15-25-12-4-11-24-25/h4-13,16H,14-15H2,1-3H3,(H,23,26). The molecule has 3 aromatic rings. The molecule has 1 heterocycles. The Morgan fingerprint density at radius 2 is 1.86 bits per heavy atom. The predicted octanol–water partition coefficient (Wildman–Crippen LogP) is 3.66. The molecule has 0 aliphatic rings. The van der Waals surface area contributed by atoms with Crippen LogP contribution in [0.25, 0.3) is 0 Å². The number of carbonyl (C=O) groups excluding carboxylic acids is 1. The van der Waals surface area contributed by atoms with Gasteiger partial charge in [-0.2, -0.15) is 5.10 Å². The lowest BCUT2D eigenvalue weighted by atomic mass is 10.1. The largest absolute Gasteiger partial charge is 0.493 e. The first-order chi connectivity index (χ1) is 13.5. The molecule has 0 atom stereocenters. The number of nitrogens with zero attached hydrogens (tertiary/aromatic N) is 2. The summed E-state index contributed by atoms with van der Waals surface area (Å²) < 4.78 is 12.9. The highest BCUT2D eigenvalue weighted by Gasteiger charge is 2.12. The Hall–Kier alpha value is -3.28. The fourth-order valence-corrected chi connectivity index (χ4v) is 2.79. The molecule has 0 spiro atoms. The molecular weight excluding hydrogens is 354 g/mol. The monoisotopic (exact) mass is 379 g/mol. The summed E-state index contributed by atoms with van der Waals surface area (Å²) >= 11 is 0. The number of methoxy groups -OCH3 is 1. The Labute approximate surface area is 165 Å². The first kappa shape index (κ1) is 19.5. The van der Waals surface area contributed by atoms with E-state index in [-0.39, 0.29) is 12.0 Å². The van der Waals surface area contributed by atoms with Gasteiger partial charge in [0, 0.05) is 24.5 Å². The third kappa shape index (κ3) is 5.13. The van der Waals surface area contributed by atoms with Crippen molar-refractivity contribution in [2.24, 2.45) is 0 Å². The van der Waals surface area contributed by atoms with E-state index in [1.807, 2.05) is 55.1 Å². The Morgan fingerprint density at radius 1 is 1.11 bits per heavy atom. The van der Waals surface area contributed by atoms with Crippen molar-refractivity contribution < 1.29 is 14.3 Å². The maximum Gasteiger partial charge on any atom is 0.251 e. The van der Waals surface area contributed by atoms with E-state index >= 15 is 0 Å². The van der Waals surface area contributed by atoms with Crippen molar-refractivity contribution in [2.75, 3.05) is 7.11 Å². The summed E-state index contributed by atoms with van der Waals surface area (Å²) in [6.45, 7) is 5.07. The number of nitrogens with one attached hydrogen (secondary N) is 1. The van der Waals surface area contributed by atoms with Gasteiger partial charge in [-0.15, -0.1) is 0 Å². The number of ether oxygens (including phenoxy) is 2. The molecule has 1 amide bonds. The smallest absolute Gasteiger partial charge is 0.251 e. The fourth-order valence-electron chi connectivity index (χ4n) is 2.79. The zero-order valence-corrected chi connectivity index (χ0v) is 16.4. The van der Waals surface area contributed by atoms with Crippen LogP contribution in [0.4, 0.5) is 0 Å². The Kier molecular flexibility index (Phi) is 6.32. The molecule has 0 fully saturated rings. The predicted molar refractivity (Wildman–Crippen MR) is 108 cm³/mol. The SMILES string of the molecule is COc1cc(C(=O)NCc2ccc(Cn3cccn3)cc2)ccc1OC(C)C. The Bertz CT molecular complexity index is 903. The average molecular weight is 379 g/mol. The summed E-state index contributed by atoms with van der Waals surface area (Å²) in [5.41, 5.74) is 2.72. The lowest BCUT2D eigenvalue weighted by Gasteiger charge is -2.14. The molecule has 146 valence electrons. The van der Waals surface area contributed by atoms with Gasteiger partial charge in [0.25, 0.3) is 5.91 Å². The number of amides is 1. The van der Waals surface area contributed by atoms with Crippen molar-refractivity contribution >= 4 is 5.91 Å². The van der Waals surface area contributed by atoms with E-state index in [0.717, 1.165) is 17.7 Å². The molecule has 2 aromatic carbocycles. The lowest BCUT2D eigenvalue weighted by Crippen LogP contribution is -2.22. The summed E-state index contributed by atoms with van der Waals surface area (Å²) in [6.07, 6.45) is 3.73. The van der Waals surface area contributed by atoms with Crippen LogP contribution in [0.3, 0.4) is 0 Å². The van der Waals surface area contributed by atoms with E-state index < -0.39 is 0 Å². The van der Waals surface area contributed by atoms with Crippen molar-refractivity contribution in [3.63, 3.8) is 0 Å². The van der Waals surface area contributed by atoms with Crippen molar-refractivity contribution in [2.45, 2.75) is 33.0 Å². The number of carbonyl (C=O) groups is 1. The number of hydrogen-bond donors (Lipinski definition) is 1. The van der Waals surface area contributed by atoms with E-state index in [1.54, 1.807) is 31.5 Å². The maximum atomic E-state index is 12.5. The van der Waals surface area contributed by atoms with E-state index in [1.165, 1.54) is 0 Å². The van der Waals surface area contributed by atoms with Crippen LogP contribution < -0.4 is 14.8 Å². The molecule has 3 rings (SSSR count). The van der Waals surface area contributed by atoms with Gasteiger partial charge in [0.15, 0.2) is 11.5 Å². The van der Waals surface area contributed by atoms with Gasteiger partial charge in [-0.25, -0.2) is 0 Å². The van der Waals surface area contributed by atoms with Gasteiger partial charge in [-0.1, -0.05) is 24.3 Å². The Morgan fingerprint density at radius 3 is 2.50 bits per heavy atom. The summed E-state index contributed by atoms with van der Waals surface area (Å²) in [7, 11) is 1.56. The molecule has 28 heavy (non-hydrogen) atoms. The molecule has 0 bridgehead atoms. The third-order valence-electron chi connectivity index (χ3n) is 4.17. The first-order valence-corrected chi connectivity index (χ1v) is 9.23. The second kappa shape index (κ2) is 9.08. The molecular formula is C22H25N3O3. The van der Waals surface area contributed by atoms with E-state index in [2.05, 4.69) is 10.4 Å². The van der Waals surface area contributed by atoms with Gasteiger partial charge in [0.05, 0.1) is 19.8 Å². The normalized spacial score (nSPS) is 10.7. The Balaban J connectivity index is 1.59. The highest BCUT2D eigenvalue weighted by molar-refractivity contribution is 5.94. The summed E-state index contributed by atoms with van der Waals surface area (Å²) in [6, 6.07) is 15.2. The van der Waals surface area contributed by atoms with Gasteiger partial charge >= 0.3 is 0 Å². The maximum absolute atomic E-state index is 12.5. The molecule has 6 heteroatoms. The van der Waals surface area contributed by atoms with E-state index in [9.17, 15) is 4.79 Å². The molecule has 0 unspecified atom stereocenters. The third-order valence-corrected chi connectivity index (χ3v) is 4.17. The van der Waals surface area contributed by atoms with Crippen LogP contribution in [0.5, 0.6) is 11.5 Å². The van der Waals surface area contributed by atoms with Gasteiger partial charge in [-0.3, -0.25) is 9.48 Å². The molecule has 6 nitrogen and oxygen atoms in total. The topological polar surface area (TPSA) is 65.4 Å². The molecule has 0 aliphatic heterocycles.